The molecule has 3 fully saturated rings. The van der Waals surface area contributed by atoms with Crippen LogP contribution in [0.3, 0.4) is 0 Å². The predicted molar refractivity (Wildman–Crippen MR) is 106 cm³/mol. The first-order valence-electron chi connectivity index (χ1n) is 9.60. The summed E-state index contributed by atoms with van der Waals surface area (Å²) >= 11 is 0. The first kappa shape index (κ1) is 18.5. The summed E-state index contributed by atoms with van der Waals surface area (Å²) in [5.41, 5.74) is 2.46. The van der Waals surface area contributed by atoms with Crippen molar-refractivity contribution in [2.75, 3.05) is 26.7 Å². The zero-order valence-corrected chi connectivity index (χ0v) is 15.9. The van der Waals surface area contributed by atoms with Crippen molar-refractivity contribution in [1.82, 2.24) is 10.2 Å². The largest absolute Gasteiger partial charge is 0.496 e. The van der Waals surface area contributed by atoms with Gasteiger partial charge in [-0.25, -0.2) is 4.79 Å². The minimum Gasteiger partial charge on any atom is -0.496 e. The van der Waals surface area contributed by atoms with Gasteiger partial charge in [0.05, 0.1) is 12.7 Å². The summed E-state index contributed by atoms with van der Waals surface area (Å²) in [5.74, 6) is 0.0396. The number of nitrogens with one attached hydrogen (secondary N) is 1. The van der Waals surface area contributed by atoms with Gasteiger partial charge in [-0.05, 0) is 67.7 Å². The fourth-order valence-electron chi connectivity index (χ4n) is 4.24. The highest BCUT2D eigenvalue weighted by Crippen LogP contribution is 2.31. The van der Waals surface area contributed by atoms with Crippen LogP contribution in [0, 0.1) is 5.92 Å². The van der Waals surface area contributed by atoms with Crippen molar-refractivity contribution in [3.8, 4) is 16.9 Å². The van der Waals surface area contributed by atoms with Crippen LogP contribution in [0.2, 0.25) is 0 Å². The van der Waals surface area contributed by atoms with Crippen molar-refractivity contribution in [3.63, 3.8) is 0 Å². The van der Waals surface area contributed by atoms with Gasteiger partial charge in [-0.15, -0.1) is 0 Å². The van der Waals surface area contributed by atoms with Gasteiger partial charge >= 0.3 is 5.97 Å². The molecule has 0 spiro atoms. The Balaban J connectivity index is 1.49. The summed E-state index contributed by atoms with van der Waals surface area (Å²) in [7, 11) is 1.51. The molecule has 0 aliphatic carbocycles. The Bertz CT molecular complexity index is 886. The van der Waals surface area contributed by atoms with Gasteiger partial charge in [-0.3, -0.25) is 4.79 Å². The van der Waals surface area contributed by atoms with Gasteiger partial charge in [-0.1, -0.05) is 12.1 Å². The van der Waals surface area contributed by atoms with Gasteiger partial charge in [0.15, 0.2) is 0 Å². The van der Waals surface area contributed by atoms with Gasteiger partial charge < -0.3 is 20.1 Å². The van der Waals surface area contributed by atoms with Crippen LogP contribution in [0.5, 0.6) is 5.75 Å². The van der Waals surface area contributed by atoms with Crippen LogP contribution >= 0.6 is 0 Å². The highest BCUT2D eigenvalue weighted by atomic mass is 16.5. The van der Waals surface area contributed by atoms with Crippen LogP contribution in [-0.2, 0) is 0 Å². The summed E-state index contributed by atoms with van der Waals surface area (Å²) in [4.78, 5) is 26.2. The zero-order valence-electron chi connectivity index (χ0n) is 15.9. The van der Waals surface area contributed by atoms with Gasteiger partial charge in [0.25, 0.3) is 5.91 Å². The predicted octanol–water partition coefficient (Wildman–Crippen LogP) is 2.88. The number of fused-ring (bicyclic) bond motifs is 3. The fraction of sp³-hybridized carbons (Fsp3) is 0.364. The molecule has 146 valence electrons. The van der Waals surface area contributed by atoms with Crippen molar-refractivity contribution >= 4 is 11.9 Å². The average Bonchev–Trinajstić information content (AvgIpc) is 2.74. The molecule has 0 radical (unpaired) electrons. The second-order valence-electron chi connectivity index (χ2n) is 7.52. The lowest BCUT2D eigenvalue weighted by Gasteiger charge is -2.44. The number of amides is 1. The minimum atomic E-state index is -0.996. The van der Waals surface area contributed by atoms with Crippen LogP contribution in [-0.4, -0.2) is 54.7 Å². The Morgan fingerprint density at radius 2 is 1.75 bits per heavy atom. The molecule has 3 aliphatic rings. The molecule has 0 saturated carbocycles. The Morgan fingerprint density at radius 1 is 1.07 bits per heavy atom. The van der Waals surface area contributed by atoms with Crippen molar-refractivity contribution in [2.24, 2.45) is 5.92 Å². The Morgan fingerprint density at radius 3 is 2.32 bits per heavy atom. The van der Waals surface area contributed by atoms with Gasteiger partial charge in [-0.2, -0.15) is 0 Å². The second-order valence-corrected chi connectivity index (χ2v) is 7.52. The minimum absolute atomic E-state index is 0.0431. The monoisotopic (exact) mass is 380 g/mol. The smallest absolute Gasteiger partial charge is 0.335 e. The van der Waals surface area contributed by atoms with E-state index in [1.165, 1.54) is 13.2 Å². The Kier molecular flexibility index (Phi) is 5.05. The molecule has 2 N–H and O–H groups in total. The average molecular weight is 380 g/mol. The van der Waals surface area contributed by atoms with E-state index in [1.807, 2.05) is 12.1 Å². The lowest BCUT2D eigenvalue weighted by Crippen LogP contribution is -2.57. The number of rotatable bonds is 5. The summed E-state index contributed by atoms with van der Waals surface area (Å²) in [5, 5.41) is 12.3. The second kappa shape index (κ2) is 7.64. The number of aromatic carboxylic acids is 1. The van der Waals surface area contributed by atoms with Gasteiger partial charge in [0, 0.05) is 23.7 Å². The molecule has 3 saturated heterocycles. The van der Waals surface area contributed by atoms with E-state index >= 15 is 0 Å². The third kappa shape index (κ3) is 3.60. The molecule has 1 amide bonds. The van der Waals surface area contributed by atoms with Crippen molar-refractivity contribution in [3.05, 3.63) is 53.6 Å². The van der Waals surface area contributed by atoms with E-state index < -0.39 is 5.97 Å². The van der Waals surface area contributed by atoms with Crippen molar-refractivity contribution in [1.29, 1.82) is 0 Å². The molecule has 2 aromatic rings. The van der Waals surface area contributed by atoms with Crippen LogP contribution in [0.25, 0.3) is 11.1 Å². The topological polar surface area (TPSA) is 78.9 Å². The molecule has 28 heavy (non-hydrogen) atoms. The number of benzene rings is 2. The van der Waals surface area contributed by atoms with Gasteiger partial charge in [0.2, 0.25) is 0 Å². The lowest BCUT2D eigenvalue weighted by atomic mass is 9.84. The number of piperidine rings is 3. The number of hydrogen-bond acceptors (Lipinski definition) is 4. The molecule has 5 rings (SSSR count). The maximum absolute atomic E-state index is 12.7. The summed E-state index contributed by atoms with van der Waals surface area (Å²) in [6.45, 7) is 3.24. The number of carbonyl (C=O) groups excluding carboxylic acids is 1. The molecule has 6 nitrogen and oxygen atoms in total. The number of hydrogen-bond donors (Lipinski definition) is 2. The highest BCUT2D eigenvalue weighted by molar-refractivity contribution is 5.95. The molecule has 6 heteroatoms. The maximum atomic E-state index is 12.7. The number of methoxy groups -OCH3 is 1. The fourth-order valence-corrected chi connectivity index (χ4v) is 4.24. The summed E-state index contributed by atoms with van der Waals surface area (Å²) in [6.07, 6.45) is 2.33. The van der Waals surface area contributed by atoms with E-state index in [-0.39, 0.29) is 17.5 Å². The van der Waals surface area contributed by atoms with Gasteiger partial charge in [0.1, 0.15) is 5.75 Å². The SMILES string of the molecule is COc1cc(C(=O)O)ccc1-c1ccc(C(=O)NC2CN3CCC2CC3)cc1. The standard InChI is InChI=1S/C22H24N2O4/c1-28-20-12-17(22(26)27)6-7-18(20)14-2-4-16(5-3-14)21(25)23-19-13-24-10-8-15(19)9-11-24/h2-7,12,15,19H,8-11,13H2,1H3,(H,23,25)(H,26,27). The van der Waals surface area contributed by atoms with Crippen LogP contribution in [0.4, 0.5) is 0 Å². The lowest BCUT2D eigenvalue weighted by molar-refractivity contribution is 0.0620. The Labute approximate surface area is 164 Å². The number of carboxylic acid groups (broad SMARTS) is 1. The normalized spacial score (nSPS) is 23.2. The number of carboxylic acids is 1. The van der Waals surface area contributed by atoms with Crippen LogP contribution in [0.15, 0.2) is 42.5 Å². The molecule has 0 aromatic heterocycles. The molecular formula is C22H24N2O4. The quantitative estimate of drug-likeness (QED) is 0.834. The van der Waals surface area contributed by atoms with E-state index in [4.69, 9.17) is 9.84 Å². The number of carbonyl (C=O) groups is 2. The third-order valence-electron chi connectivity index (χ3n) is 5.88. The summed E-state index contributed by atoms with van der Waals surface area (Å²) < 4.78 is 5.35. The van der Waals surface area contributed by atoms with E-state index in [0.717, 1.165) is 43.6 Å². The first-order chi connectivity index (χ1) is 13.5. The molecule has 3 aliphatic heterocycles. The zero-order chi connectivity index (χ0) is 19.7. The summed E-state index contributed by atoms with van der Waals surface area (Å²) in [6, 6.07) is 12.4. The van der Waals surface area contributed by atoms with Crippen molar-refractivity contribution < 1.29 is 19.4 Å². The van der Waals surface area contributed by atoms with E-state index in [9.17, 15) is 9.59 Å². The molecule has 2 aromatic carbocycles. The molecular weight excluding hydrogens is 356 g/mol. The van der Waals surface area contributed by atoms with E-state index in [2.05, 4.69) is 10.2 Å². The molecule has 1 unspecified atom stereocenters. The molecule has 1 atom stereocenters. The number of nitrogens with zero attached hydrogens (tertiary/aromatic N) is 1. The first-order valence-corrected chi connectivity index (χ1v) is 9.60. The third-order valence-corrected chi connectivity index (χ3v) is 5.88. The molecule has 3 heterocycles. The highest BCUT2D eigenvalue weighted by Gasteiger charge is 2.34. The maximum Gasteiger partial charge on any atom is 0.335 e. The number of ether oxygens (including phenoxy) is 1. The van der Waals surface area contributed by atoms with Crippen molar-refractivity contribution in [2.45, 2.75) is 18.9 Å². The van der Waals surface area contributed by atoms with Crippen LogP contribution < -0.4 is 10.1 Å². The Hall–Kier alpha value is -2.86. The van der Waals surface area contributed by atoms with E-state index in [1.54, 1.807) is 24.3 Å². The molecule has 2 bridgehead atoms. The van der Waals surface area contributed by atoms with E-state index in [0.29, 0.717) is 17.2 Å². The van der Waals surface area contributed by atoms with Crippen LogP contribution in [0.1, 0.15) is 33.6 Å².